The monoisotopic (exact) mass is 334 g/mol. The first-order valence-corrected chi connectivity index (χ1v) is 8.46. The van der Waals surface area contributed by atoms with Crippen molar-refractivity contribution in [3.63, 3.8) is 0 Å². The highest BCUT2D eigenvalue weighted by atomic mass is 35.5. The smallest absolute Gasteiger partial charge is 0.233 e. The highest BCUT2D eigenvalue weighted by Crippen LogP contribution is 2.29. The lowest BCUT2D eigenvalue weighted by Gasteiger charge is -2.40. The van der Waals surface area contributed by atoms with Crippen LogP contribution in [0.25, 0.3) is 0 Å². The molecule has 1 aromatic heterocycles. The molecule has 5 nitrogen and oxygen atoms in total. The number of rotatable bonds is 4. The zero-order valence-corrected chi connectivity index (χ0v) is 14.6. The summed E-state index contributed by atoms with van der Waals surface area (Å²) in [5.74, 6) is 1.33. The molecule has 2 heterocycles. The van der Waals surface area contributed by atoms with Gasteiger partial charge in [0.05, 0.1) is 6.04 Å². The zero-order valence-electron chi connectivity index (χ0n) is 13.9. The third kappa shape index (κ3) is 3.57. The van der Waals surface area contributed by atoms with Crippen LogP contribution in [-0.2, 0) is 0 Å². The van der Waals surface area contributed by atoms with E-state index in [2.05, 4.69) is 39.9 Å². The van der Waals surface area contributed by atoms with Crippen LogP contribution in [-0.4, -0.2) is 46.2 Å². The van der Waals surface area contributed by atoms with Gasteiger partial charge in [0.15, 0.2) is 0 Å². The topological polar surface area (TPSA) is 45.4 Å². The maximum Gasteiger partial charge on any atom is 0.233 e. The standard InChI is InChI=1S/C17H23ClN4O/c1-12(15-6-4-5-7-16(15)18)21-8-10-22(11-9-21)13(2)17-20-19-14(3)23-17/h4-7,12-13H,8-11H2,1-3H3/t12-,13+/m0/s1. The van der Waals surface area contributed by atoms with Gasteiger partial charge in [-0.25, -0.2) is 0 Å². The Morgan fingerprint density at radius 1 is 1.00 bits per heavy atom. The minimum Gasteiger partial charge on any atom is -0.424 e. The fourth-order valence-corrected chi connectivity index (χ4v) is 3.45. The Morgan fingerprint density at radius 3 is 2.17 bits per heavy atom. The molecule has 0 unspecified atom stereocenters. The minimum absolute atomic E-state index is 0.161. The molecule has 1 aliphatic rings. The van der Waals surface area contributed by atoms with Crippen molar-refractivity contribution in [3.05, 3.63) is 46.6 Å². The van der Waals surface area contributed by atoms with Gasteiger partial charge in [-0.2, -0.15) is 0 Å². The first-order chi connectivity index (χ1) is 11.1. The molecule has 0 amide bonds. The number of aryl methyl sites for hydroxylation is 1. The Labute approximate surface area is 142 Å². The normalized spacial score (nSPS) is 19.7. The van der Waals surface area contributed by atoms with E-state index in [-0.39, 0.29) is 6.04 Å². The number of piperazine rings is 1. The molecule has 0 saturated carbocycles. The summed E-state index contributed by atoms with van der Waals surface area (Å²) < 4.78 is 5.56. The SMILES string of the molecule is Cc1nnc([C@@H](C)N2CCN([C@@H](C)c3ccccc3Cl)CC2)o1. The van der Waals surface area contributed by atoms with Gasteiger partial charge >= 0.3 is 0 Å². The van der Waals surface area contributed by atoms with Crippen LogP contribution in [0.15, 0.2) is 28.7 Å². The number of hydrogen-bond donors (Lipinski definition) is 0. The lowest BCUT2D eigenvalue weighted by Crippen LogP contribution is -2.47. The number of aromatic nitrogens is 2. The number of halogens is 1. The second-order valence-electron chi connectivity index (χ2n) is 6.10. The van der Waals surface area contributed by atoms with E-state index >= 15 is 0 Å². The zero-order chi connectivity index (χ0) is 16.4. The lowest BCUT2D eigenvalue weighted by atomic mass is 10.1. The van der Waals surface area contributed by atoms with Crippen LogP contribution in [0.5, 0.6) is 0 Å². The molecule has 6 heteroatoms. The van der Waals surface area contributed by atoms with Gasteiger partial charge in [-0.05, 0) is 25.5 Å². The average molecular weight is 335 g/mol. The van der Waals surface area contributed by atoms with Crippen molar-refractivity contribution < 1.29 is 4.42 Å². The molecule has 2 atom stereocenters. The largest absolute Gasteiger partial charge is 0.424 e. The maximum atomic E-state index is 6.34. The van der Waals surface area contributed by atoms with Crippen LogP contribution < -0.4 is 0 Å². The van der Waals surface area contributed by atoms with E-state index in [9.17, 15) is 0 Å². The molecule has 0 spiro atoms. The van der Waals surface area contributed by atoms with Gasteiger partial charge in [0.25, 0.3) is 0 Å². The Morgan fingerprint density at radius 2 is 1.61 bits per heavy atom. The summed E-state index contributed by atoms with van der Waals surface area (Å²) in [6.07, 6.45) is 0. The molecule has 3 rings (SSSR count). The predicted molar refractivity (Wildman–Crippen MR) is 90.5 cm³/mol. The van der Waals surface area contributed by atoms with E-state index in [1.165, 1.54) is 5.56 Å². The highest BCUT2D eigenvalue weighted by Gasteiger charge is 2.28. The van der Waals surface area contributed by atoms with E-state index in [4.69, 9.17) is 16.0 Å². The van der Waals surface area contributed by atoms with Crippen LogP contribution in [0, 0.1) is 6.92 Å². The third-order valence-electron chi connectivity index (χ3n) is 4.70. The average Bonchev–Trinajstić information content (AvgIpc) is 3.01. The first-order valence-electron chi connectivity index (χ1n) is 8.09. The molecule has 1 aromatic carbocycles. The van der Waals surface area contributed by atoms with Gasteiger partial charge in [0.2, 0.25) is 11.8 Å². The van der Waals surface area contributed by atoms with E-state index < -0.39 is 0 Å². The van der Waals surface area contributed by atoms with Crippen molar-refractivity contribution in [2.45, 2.75) is 32.9 Å². The van der Waals surface area contributed by atoms with Crippen LogP contribution in [0.2, 0.25) is 5.02 Å². The van der Waals surface area contributed by atoms with Gasteiger partial charge in [0, 0.05) is 44.2 Å². The number of nitrogens with zero attached hydrogens (tertiary/aromatic N) is 4. The Balaban J connectivity index is 1.61. The molecule has 1 aliphatic heterocycles. The molecular formula is C17H23ClN4O. The molecular weight excluding hydrogens is 312 g/mol. The second-order valence-corrected chi connectivity index (χ2v) is 6.51. The Hall–Kier alpha value is -1.43. The van der Waals surface area contributed by atoms with Crippen molar-refractivity contribution in [2.75, 3.05) is 26.2 Å². The van der Waals surface area contributed by atoms with Gasteiger partial charge in [-0.3, -0.25) is 9.80 Å². The van der Waals surface area contributed by atoms with E-state index in [0.29, 0.717) is 17.8 Å². The number of benzene rings is 1. The quantitative estimate of drug-likeness (QED) is 0.856. The summed E-state index contributed by atoms with van der Waals surface area (Å²) in [6.45, 7) is 10.1. The predicted octanol–water partition coefficient (Wildman–Crippen LogP) is 3.47. The van der Waals surface area contributed by atoms with Gasteiger partial charge < -0.3 is 4.42 Å². The molecule has 23 heavy (non-hydrogen) atoms. The second kappa shape index (κ2) is 6.99. The molecule has 124 valence electrons. The van der Waals surface area contributed by atoms with Crippen molar-refractivity contribution in [3.8, 4) is 0 Å². The molecule has 1 saturated heterocycles. The summed E-state index contributed by atoms with van der Waals surface area (Å²) in [7, 11) is 0. The summed E-state index contributed by atoms with van der Waals surface area (Å²) in [4.78, 5) is 4.87. The molecule has 0 aliphatic carbocycles. The van der Waals surface area contributed by atoms with Crippen molar-refractivity contribution >= 4 is 11.6 Å². The fourth-order valence-electron chi connectivity index (χ4n) is 3.16. The van der Waals surface area contributed by atoms with Crippen LogP contribution in [0.3, 0.4) is 0 Å². The van der Waals surface area contributed by atoms with E-state index in [1.54, 1.807) is 0 Å². The van der Waals surface area contributed by atoms with Crippen LogP contribution in [0.1, 0.15) is 43.3 Å². The van der Waals surface area contributed by atoms with Crippen molar-refractivity contribution in [1.29, 1.82) is 0 Å². The molecule has 0 radical (unpaired) electrons. The molecule has 2 aromatic rings. The summed E-state index contributed by atoms with van der Waals surface area (Å²) in [6, 6.07) is 8.59. The maximum absolute atomic E-state index is 6.34. The highest BCUT2D eigenvalue weighted by molar-refractivity contribution is 6.31. The summed E-state index contributed by atoms with van der Waals surface area (Å²) >= 11 is 6.34. The third-order valence-corrected chi connectivity index (χ3v) is 5.04. The van der Waals surface area contributed by atoms with E-state index in [0.717, 1.165) is 31.2 Å². The van der Waals surface area contributed by atoms with Crippen molar-refractivity contribution in [1.82, 2.24) is 20.0 Å². The first kappa shape index (κ1) is 16.4. The van der Waals surface area contributed by atoms with Crippen LogP contribution in [0.4, 0.5) is 0 Å². The lowest BCUT2D eigenvalue weighted by molar-refractivity contribution is 0.0697. The fraction of sp³-hybridized carbons (Fsp3) is 0.529. The summed E-state index contributed by atoms with van der Waals surface area (Å²) in [5.41, 5.74) is 1.20. The molecule has 0 N–H and O–H groups in total. The van der Waals surface area contributed by atoms with Gasteiger partial charge in [-0.1, -0.05) is 29.8 Å². The Kier molecular flexibility index (Phi) is 4.99. The van der Waals surface area contributed by atoms with Crippen molar-refractivity contribution in [2.24, 2.45) is 0 Å². The number of hydrogen-bond acceptors (Lipinski definition) is 5. The molecule has 1 fully saturated rings. The minimum atomic E-state index is 0.161. The Bertz CT molecular complexity index is 652. The van der Waals surface area contributed by atoms with E-state index in [1.807, 2.05) is 25.1 Å². The summed E-state index contributed by atoms with van der Waals surface area (Å²) in [5, 5.41) is 8.92. The van der Waals surface area contributed by atoms with Gasteiger partial charge in [-0.15, -0.1) is 10.2 Å². The van der Waals surface area contributed by atoms with Crippen LogP contribution >= 0.6 is 11.6 Å². The molecule has 0 bridgehead atoms. The van der Waals surface area contributed by atoms with Gasteiger partial charge in [0.1, 0.15) is 0 Å².